The zero-order valence-electron chi connectivity index (χ0n) is 23.5. The Labute approximate surface area is 246 Å². The summed E-state index contributed by atoms with van der Waals surface area (Å²) in [5.41, 5.74) is 3.40. The molecule has 1 atom stereocenters. The number of carbonyl (C=O) groups is 2. The van der Waals surface area contributed by atoms with Crippen molar-refractivity contribution in [3.63, 3.8) is 0 Å². The molecule has 0 bridgehead atoms. The molecule has 1 aromatic heterocycles. The molecule has 1 saturated heterocycles. The van der Waals surface area contributed by atoms with E-state index in [9.17, 15) is 14.7 Å². The van der Waals surface area contributed by atoms with E-state index in [-0.39, 0.29) is 6.42 Å². The standard InChI is InChI=1S/C34H36N4O4/c39-33(28-11-15-30(16-12-28)42-24-27-6-2-1-3-7-27)37-31(34(40)41)22-25-9-13-29(14-10-25)38-20-17-26(18-21-38)23-36-32-8-4-5-19-35-32/h1-16,19,26,31H,17-18,20-24H2,(H,35,36)(H,37,39)(H,40,41). The number of carboxylic acid groups (broad SMARTS) is 1. The number of aliphatic carboxylic acids is 1. The second-order valence-electron chi connectivity index (χ2n) is 10.6. The summed E-state index contributed by atoms with van der Waals surface area (Å²) in [6, 6.07) is 29.3. The van der Waals surface area contributed by atoms with Gasteiger partial charge >= 0.3 is 5.97 Å². The van der Waals surface area contributed by atoms with Gasteiger partial charge in [0.1, 0.15) is 24.2 Å². The number of carboxylic acids is 1. The minimum Gasteiger partial charge on any atom is -0.489 e. The maximum absolute atomic E-state index is 12.8. The topological polar surface area (TPSA) is 104 Å². The van der Waals surface area contributed by atoms with Crippen LogP contribution in [0, 0.1) is 5.92 Å². The van der Waals surface area contributed by atoms with E-state index in [4.69, 9.17) is 4.74 Å². The Balaban J connectivity index is 1.09. The van der Waals surface area contributed by atoms with Crippen LogP contribution in [0.2, 0.25) is 0 Å². The molecule has 8 heteroatoms. The Kier molecular flexibility index (Phi) is 9.67. The molecule has 42 heavy (non-hydrogen) atoms. The molecule has 2 heterocycles. The van der Waals surface area contributed by atoms with E-state index in [0.717, 1.165) is 55.1 Å². The average molecular weight is 565 g/mol. The van der Waals surface area contributed by atoms with Gasteiger partial charge in [-0.15, -0.1) is 0 Å². The third-order valence-corrected chi connectivity index (χ3v) is 7.56. The summed E-state index contributed by atoms with van der Waals surface area (Å²) in [6.07, 6.45) is 4.17. The van der Waals surface area contributed by atoms with E-state index in [1.165, 1.54) is 0 Å². The number of nitrogens with one attached hydrogen (secondary N) is 2. The van der Waals surface area contributed by atoms with Crippen molar-refractivity contribution in [2.75, 3.05) is 29.9 Å². The highest BCUT2D eigenvalue weighted by atomic mass is 16.5. The molecule has 0 radical (unpaired) electrons. The number of benzene rings is 3. The number of ether oxygens (including phenoxy) is 1. The predicted octanol–water partition coefficient (Wildman–Crippen LogP) is 5.41. The minimum absolute atomic E-state index is 0.195. The van der Waals surface area contributed by atoms with Gasteiger partial charge in [-0.2, -0.15) is 0 Å². The monoisotopic (exact) mass is 564 g/mol. The van der Waals surface area contributed by atoms with Crippen LogP contribution in [0.3, 0.4) is 0 Å². The van der Waals surface area contributed by atoms with E-state index >= 15 is 0 Å². The lowest BCUT2D eigenvalue weighted by Gasteiger charge is -2.34. The van der Waals surface area contributed by atoms with Gasteiger partial charge in [0.05, 0.1) is 0 Å². The smallest absolute Gasteiger partial charge is 0.326 e. The molecule has 1 aliphatic rings. The predicted molar refractivity (Wildman–Crippen MR) is 164 cm³/mol. The summed E-state index contributed by atoms with van der Waals surface area (Å²) in [5.74, 6) is 0.634. The Bertz CT molecular complexity index is 1420. The first-order chi connectivity index (χ1) is 20.5. The van der Waals surface area contributed by atoms with Gasteiger partial charge in [-0.1, -0.05) is 48.5 Å². The molecule has 3 aromatic carbocycles. The third-order valence-electron chi connectivity index (χ3n) is 7.56. The van der Waals surface area contributed by atoms with Crippen LogP contribution in [0.5, 0.6) is 5.75 Å². The van der Waals surface area contributed by atoms with Gasteiger partial charge in [-0.05, 0) is 78.4 Å². The Morgan fingerprint density at radius 3 is 2.26 bits per heavy atom. The zero-order valence-corrected chi connectivity index (χ0v) is 23.5. The van der Waals surface area contributed by atoms with Crippen molar-refractivity contribution in [3.05, 3.63) is 120 Å². The lowest BCUT2D eigenvalue weighted by molar-refractivity contribution is -0.139. The van der Waals surface area contributed by atoms with Gasteiger partial charge in [-0.25, -0.2) is 9.78 Å². The third kappa shape index (κ3) is 8.10. The van der Waals surface area contributed by atoms with Crippen LogP contribution in [-0.4, -0.2) is 47.6 Å². The van der Waals surface area contributed by atoms with Crippen LogP contribution in [0.25, 0.3) is 0 Å². The van der Waals surface area contributed by atoms with Gasteiger partial charge < -0.3 is 25.4 Å². The molecule has 0 spiro atoms. The van der Waals surface area contributed by atoms with E-state index < -0.39 is 17.9 Å². The highest BCUT2D eigenvalue weighted by molar-refractivity contribution is 5.96. The fourth-order valence-electron chi connectivity index (χ4n) is 5.08. The molecule has 4 aromatic rings. The maximum Gasteiger partial charge on any atom is 0.326 e. The molecule has 216 valence electrons. The highest BCUT2D eigenvalue weighted by Crippen LogP contribution is 2.24. The fourth-order valence-corrected chi connectivity index (χ4v) is 5.08. The quantitative estimate of drug-likeness (QED) is 0.211. The summed E-state index contributed by atoms with van der Waals surface area (Å²) in [5, 5.41) is 15.9. The normalized spacial score (nSPS) is 14.1. The Hall–Kier alpha value is -4.85. The van der Waals surface area contributed by atoms with Gasteiger partial charge in [-0.3, -0.25) is 4.79 Å². The van der Waals surface area contributed by atoms with Crippen LogP contribution >= 0.6 is 0 Å². The number of carbonyl (C=O) groups excluding carboxylic acids is 1. The van der Waals surface area contributed by atoms with Crippen molar-refractivity contribution < 1.29 is 19.4 Å². The first-order valence-electron chi connectivity index (χ1n) is 14.3. The van der Waals surface area contributed by atoms with Crippen molar-refractivity contribution in [1.29, 1.82) is 0 Å². The second-order valence-corrected chi connectivity index (χ2v) is 10.6. The summed E-state index contributed by atoms with van der Waals surface area (Å²) in [6.45, 7) is 3.28. The van der Waals surface area contributed by atoms with Gasteiger partial charge in [0.25, 0.3) is 5.91 Å². The Morgan fingerprint density at radius 2 is 1.60 bits per heavy atom. The van der Waals surface area contributed by atoms with E-state index in [1.54, 1.807) is 30.5 Å². The van der Waals surface area contributed by atoms with Crippen LogP contribution < -0.4 is 20.3 Å². The number of amides is 1. The summed E-state index contributed by atoms with van der Waals surface area (Å²) in [4.78, 5) is 31.5. The Morgan fingerprint density at radius 1 is 0.881 bits per heavy atom. The molecule has 1 amide bonds. The minimum atomic E-state index is -1.07. The zero-order chi connectivity index (χ0) is 29.1. The molecule has 0 aliphatic carbocycles. The van der Waals surface area contributed by atoms with Crippen molar-refractivity contribution in [2.24, 2.45) is 5.92 Å². The van der Waals surface area contributed by atoms with E-state index in [2.05, 4.69) is 20.5 Å². The SMILES string of the molecule is O=C(NC(Cc1ccc(N2CCC(CNc3ccccn3)CC2)cc1)C(=O)O)c1ccc(OCc2ccccc2)cc1. The van der Waals surface area contributed by atoms with E-state index in [0.29, 0.717) is 23.8 Å². The van der Waals surface area contributed by atoms with Crippen LogP contribution in [0.1, 0.15) is 34.3 Å². The lowest BCUT2D eigenvalue weighted by Crippen LogP contribution is -2.42. The average Bonchev–Trinajstić information content (AvgIpc) is 3.04. The van der Waals surface area contributed by atoms with Crippen LogP contribution in [0.15, 0.2) is 103 Å². The van der Waals surface area contributed by atoms with Crippen molar-refractivity contribution in [2.45, 2.75) is 31.9 Å². The molecule has 1 unspecified atom stereocenters. The molecular formula is C34H36N4O4. The van der Waals surface area contributed by atoms with Crippen molar-refractivity contribution in [3.8, 4) is 5.75 Å². The number of nitrogens with zero attached hydrogens (tertiary/aromatic N) is 2. The van der Waals surface area contributed by atoms with Crippen LogP contribution in [-0.2, 0) is 17.8 Å². The number of rotatable bonds is 12. The summed E-state index contributed by atoms with van der Waals surface area (Å²) >= 11 is 0. The molecule has 0 saturated carbocycles. The van der Waals surface area contributed by atoms with Crippen LogP contribution in [0.4, 0.5) is 11.5 Å². The van der Waals surface area contributed by atoms with Gasteiger partial charge in [0.15, 0.2) is 0 Å². The highest BCUT2D eigenvalue weighted by Gasteiger charge is 2.22. The lowest BCUT2D eigenvalue weighted by atomic mass is 9.96. The van der Waals surface area contributed by atoms with Crippen molar-refractivity contribution >= 4 is 23.4 Å². The maximum atomic E-state index is 12.8. The number of hydrogen-bond donors (Lipinski definition) is 3. The van der Waals surface area contributed by atoms with E-state index in [1.807, 2.05) is 72.8 Å². The fraction of sp³-hybridized carbons (Fsp3) is 0.265. The van der Waals surface area contributed by atoms with Gasteiger partial charge in [0, 0.05) is 43.5 Å². The molecule has 1 aliphatic heterocycles. The first kappa shape index (κ1) is 28.7. The van der Waals surface area contributed by atoms with Crippen molar-refractivity contribution in [1.82, 2.24) is 10.3 Å². The molecule has 8 nitrogen and oxygen atoms in total. The number of pyridine rings is 1. The molecule has 5 rings (SSSR count). The molecule has 1 fully saturated rings. The number of aromatic nitrogens is 1. The first-order valence-corrected chi connectivity index (χ1v) is 14.3. The second kappa shape index (κ2) is 14.2. The van der Waals surface area contributed by atoms with Gasteiger partial charge in [0.2, 0.25) is 0 Å². The molecular weight excluding hydrogens is 528 g/mol. The summed E-state index contributed by atoms with van der Waals surface area (Å²) in [7, 11) is 0. The molecule has 3 N–H and O–H groups in total. The number of anilines is 2. The largest absolute Gasteiger partial charge is 0.489 e. The number of piperidine rings is 1. The summed E-state index contributed by atoms with van der Waals surface area (Å²) < 4.78 is 5.78. The number of hydrogen-bond acceptors (Lipinski definition) is 6.